The first kappa shape index (κ1) is 12.6. The molecule has 0 aliphatic heterocycles. The third-order valence-electron chi connectivity index (χ3n) is 2.10. The lowest BCUT2D eigenvalue weighted by Gasteiger charge is -2.16. The van der Waals surface area contributed by atoms with Crippen LogP contribution in [0, 0.1) is 0 Å². The second kappa shape index (κ2) is 5.58. The molecule has 2 amide bonds. The molecule has 16 heavy (non-hydrogen) atoms. The van der Waals surface area contributed by atoms with Gasteiger partial charge in [0.25, 0.3) is 0 Å². The standard InChI is InChI=1S/C11H14N2O2S/c1-8(13(15)11(12)14)6-7-9-4-2-3-5-10(9)16/h2-8,15-16H,1H3,(H2,12,14)/b7-6+. The van der Waals surface area contributed by atoms with Crippen molar-refractivity contribution in [3.63, 3.8) is 0 Å². The Kier molecular flexibility index (Phi) is 4.39. The fourth-order valence-electron chi connectivity index (χ4n) is 1.15. The van der Waals surface area contributed by atoms with Crippen LogP contribution in [0.1, 0.15) is 12.5 Å². The molecule has 0 aliphatic carbocycles. The Morgan fingerprint density at radius 3 is 2.75 bits per heavy atom. The number of hydrogen-bond acceptors (Lipinski definition) is 3. The zero-order chi connectivity index (χ0) is 12.1. The van der Waals surface area contributed by atoms with Crippen LogP contribution >= 0.6 is 12.6 Å². The number of rotatable bonds is 3. The first-order chi connectivity index (χ1) is 7.52. The summed E-state index contributed by atoms with van der Waals surface area (Å²) in [6.07, 6.45) is 3.44. The molecule has 0 saturated carbocycles. The molecule has 4 nitrogen and oxygen atoms in total. The van der Waals surface area contributed by atoms with Crippen molar-refractivity contribution in [2.45, 2.75) is 17.9 Å². The molecule has 0 saturated heterocycles. The van der Waals surface area contributed by atoms with Crippen LogP contribution < -0.4 is 5.73 Å². The van der Waals surface area contributed by atoms with Crippen molar-refractivity contribution >= 4 is 24.7 Å². The van der Waals surface area contributed by atoms with E-state index in [9.17, 15) is 10.0 Å². The fraction of sp³-hybridized carbons (Fsp3) is 0.182. The number of carbonyl (C=O) groups excluding carboxylic acids is 1. The largest absolute Gasteiger partial charge is 0.350 e. The van der Waals surface area contributed by atoms with Gasteiger partial charge in [-0.05, 0) is 18.6 Å². The Morgan fingerprint density at radius 1 is 1.56 bits per heavy atom. The predicted molar refractivity (Wildman–Crippen MR) is 65.4 cm³/mol. The van der Waals surface area contributed by atoms with E-state index in [1.807, 2.05) is 24.3 Å². The second-order valence-electron chi connectivity index (χ2n) is 3.34. The van der Waals surface area contributed by atoms with Gasteiger partial charge < -0.3 is 5.73 Å². The molecule has 86 valence electrons. The molecule has 1 aromatic carbocycles. The number of benzene rings is 1. The van der Waals surface area contributed by atoms with Gasteiger partial charge in [0.2, 0.25) is 0 Å². The van der Waals surface area contributed by atoms with E-state index in [0.717, 1.165) is 10.5 Å². The lowest BCUT2D eigenvalue weighted by atomic mass is 10.2. The topological polar surface area (TPSA) is 66.6 Å². The molecule has 0 aliphatic rings. The summed E-state index contributed by atoms with van der Waals surface area (Å²) in [6.45, 7) is 1.66. The van der Waals surface area contributed by atoms with Crippen LogP contribution in [0.5, 0.6) is 0 Å². The van der Waals surface area contributed by atoms with Gasteiger partial charge in [-0.25, -0.2) is 4.79 Å². The average Bonchev–Trinajstić information content (AvgIpc) is 2.26. The van der Waals surface area contributed by atoms with Crippen LogP contribution in [-0.2, 0) is 0 Å². The van der Waals surface area contributed by atoms with Gasteiger partial charge in [0, 0.05) is 4.90 Å². The first-order valence-corrected chi connectivity index (χ1v) is 5.21. The molecule has 0 fully saturated rings. The highest BCUT2D eigenvalue weighted by Gasteiger charge is 2.11. The molecule has 0 radical (unpaired) electrons. The average molecular weight is 238 g/mol. The smallest absolute Gasteiger partial charge is 0.339 e. The second-order valence-corrected chi connectivity index (χ2v) is 3.82. The SMILES string of the molecule is CC(/C=C/c1ccccc1S)N(O)C(N)=O. The lowest BCUT2D eigenvalue weighted by molar-refractivity contribution is -0.0560. The summed E-state index contributed by atoms with van der Waals surface area (Å²) in [5.74, 6) is 0. The quantitative estimate of drug-likeness (QED) is 0.429. The van der Waals surface area contributed by atoms with Crippen molar-refractivity contribution in [1.29, 1.82) is 0 Å². The number of hydroxylamine groups is 2. The minimum Gasteiger partial charge on any atom is -0.350 e. The van der Waals surface area contributed by atoms with Crippen molar-refractivity contribution in [2.75, 3.05) is 0 Å². The van der Waals surface area contributed by atoms with Crippen LogP contribution in [0.25, 0.3) is 6.08 Å². The van der Waals surface area contributed by atoms with Gasteiger partial charge in [-0.2, -0.15) is 5.06 Å². The van der Waals surface area contributed by atoms with Gasteiger partial charge in [0.05, 0.1) is 6.04 Å². The van der Waals surface area contributed by atoms with Crippen molar-refractivity contribution in [2.24, 2.45) is 5.73 Å². The molecule has 5 heteroatoms. The number of primary amides is 1. The number of nitrogens with two attached hydrogens (primary N) is 1. The van der Waals surface area contributed by atoms with Crippen molar-refractivity contribution in [3.05, 3.63) is 35.9 Å². The van der Waals surface area contributed by atoms with Crippen LogP contribution in [0.15, 0.2) is 35.2 Å². The monoisotopic (exact) mass is 238 g/mol. The van der Waals surface area contributed by atoms with Crippen molar-refractivity contribution < 1.29 is 10.0 Å². The normalized spacial score (nSPS) is 12.7. The maximum atomic E-state index is 10.7. The highest BCUT2D eigenvalue weighted by molar-refractivity contribution is 7.80. The summed E-state index contributed by atoms with van der Waals surface area (Å²) < 4.78 is 0. The molecule has 0 bridgehead atoms. The summed E-state index contributed by atoms with van der Waals surface area (Å²) >= 11 is 4.27. The van der Waals surface area contributed by atoms with E-state index in [1.54, 1.807) is 19.1 Å². The Hall–Kier alpha value is -1.46. The summed E-state index contributed by atoms with van der Waals surface area (Å²) in [4.78, 5) is 11.5. The first-order valence-electron chi connectivity index (χ1n) is 4.76. The summed E-state index contributed by atoms with van der Waals surface area (Å²) in [6, 6.07) is 6.15. The highest BCUT2D eigenvalue weighted by atomic mass is 32.1. The van der Waals surface area contributed by atoms with Gasteiger partial charge in [0.1, 0.15) is 0 Å². The molecule has 1 rings (SSSR count). The van der Waals surface area contributed by atoms with Gasteiger partial charge in [0.15, 0.2) is 0 Å². The van der Waals surface area contributed by atoms with E-state index in [2.05, 4.69) is 12.6 Å². The highest BCUT2D eigenvalue weighted by Crippen LogP contribution is 2.15. The van der Waals surface area contributed by atoms with Crippen molar-refractivity contribution in [3.8, 4) is 0 Å². The van der Waals surface area contributed by atoms with E-state index in [4.69, 9.17) is 5.73 Å². The third-order valence-corrected chi connectivity index (χ3v) is 2.51. The third kappa shape index (κ3) is 3.29. The molecule has 3 N–H and O–H groups in total. The zero-order valence-electron chi connectivity index (χ0n) is 8.87. The number of thiol groups is 1. The van der Waals surface area contributed by atoms with Gasteiger partial charge in [-0.1, -0.05) is 30.4 Å². The fourth-order valence-corrected chi connectivity index (χ4v) is 1.39. The molecular weight excluding hydrogens is 224 g/mol. The molecule has 0 spiro atoms. The minimum absolute atomic E-state index is 0.470. The van der Waals surface area contributed by atoms with Crippen LogP contribution in [-0.4, -0.2) is 22.3 Å². The van der Waals surface area contributed by atoms with E-state index < -0.39 is 12.1 Å². The molecule has 0 heterocycles. The maximum absolute atomic E-state index is 10.7. The molecule has 0 aromatic heterocycles. The summed E-state index contributed by atoms with van der Waals surface area (Å²) in [5, 5.41) is 9.70. The zero-order valence-corrected chi connectivity index (χ0v) is 9.76. The lowest BCUT2D eigenvalue weighted by Crippen LogP contribution is -2.38. The summed E-state index contributed by atoms with van der Waals surface area (Å²) in [5.41, 5.74) is 5.84. The van der Waals surface area contributed by atoms with Crippen molar-refractivity contribution in [1.82, 2.24) is 5.06 Å². The number of carbonyl (C=O) groups is 1. The maximum Gasteiger partial charge on any atom is 0.339 e. The van der Waals surface area contributed by atoms with E-state index in [-0.39, 0.29) is 0 Å². The molecular formula is C11H14N2O2S. The Morgan fingerprint density at radius 2 is 2.19 bits per heavy atom. The van der Waals surface area contributed by atoms with Gasteiger partial charge in [-0.15, -0.1) is 12.6 Å². The Bertz CT molecular complexity index is 407. The number of amides is 2. The molecule has 1 atom stereocenters. The summed E-state index contributed by atoms with van der Waals surface area (Å²) in [7, 11) is 0. The van der Waals surface area contributed by atoms with E-state index >= 15 is 0 Å². The van der Waals surface area contributed by atoms with Gasteiger partial charge >= 0.3 is 6.03 Å². The molecule has 1 unspecified atom stereocenters. The minimum atomic E-state index is -0.878. The Balaban J connectivity index is 2.74. The van der Waals surface area contributed by atoms with Crippen LogP contribution in [0.4, 0.5) is 4.79 Å². The molecule has 1 aromatic rings. The van der Waals surface area contributed by atoms with E-state index in [1.165, 1.54) is 0 Å². The van der Waals surface area contributed by atoms with Crippen LogP contribution in [0.2, 0.25) is 0 Å². The number of nitrogens with zero attached hydrogens (tertiary/aromatic N) is 1. The van der Waals surface area contributed by atoms with E-state index in [0.29, 0.717) is 5.06 Å². The van der Waals surface area contributed by atoms with Gasteiger partial charge in [-0.3, -0.25) is 5.21 Å². The van der Waals surface area contributed by atoms with Crippen LogP contribution in [0.3, 0.4) is 0 Å². The number of hydrogen-bond donors (Lipinski definition) is 3. The number of urea groups is 1. The Labute approximate surface area is 99.7 Å². The predicted octanol–water partition coefficient (Wildman–Crippen LogP) is 2.15.